The molecule has 0 amide bonds. The molecule has 0 radical (unpaired) electrons. The Morgan fingerprint density at radius 1 is 1.14 bits per heavy atom. The van der Waals surface area contributed by atoms with E-state index in [1.165, 1.54) is 45.1 Å². The zero-order valence-electron chi connectivity index (χ0n) is 10.4. The lowest BCUT2D eigenvalue weighted by Crippen LogP contribution is -2.42. The van der Waals surface area contributed by atoms with Crippen molar-refractivity contribution in [2.75, 3.05) is 6.54 Å². The molecule has 14 heavy (non-hydrogen) atoms. The summed E-state index contributed by atoms with van der Waals surface area (Å²) in [6.07, 6.45) is 8.22. The van der Waals surface area contributed by atoms with Crippen molar-refractivity contribution in [2.24, 2.45) is 5.41 Å². The first-order valence-corrected chi connectivity index (χ1v) is 6.16. The molecule has 0 bridgehead atoms. The van der Waals surface area contributed by atoms with Crippen LogP contribution >= 0.6 is 0 Å². The van der Waals surface area contributed by atoms with Crippen LogP contribution in [0.2, 0.25) is 0 Å². The van der Waals surface area contributed by atoms with Gasteiger partial charge in [-0.25, -0.2) is 0 Å². The Morgan fingerprint density at radius 3 is 2.50 bits per heavy atom. The van der Waals surface area contributed by atoms with Gasteiger partial charge in [-0.2, -0.15) is 0 Å². The molecule has 1 aliphatic rings. The molecule has 1 fully saturated rings. The summed E-state index contributed by atoms with van der Waals surface area (Å²) in [6.45, 7) is 10.7. The van der Waals surface area contributed by atoms with Crippen molar-refractivity contribution < 1.29 is 0 Å². The van der Waals surface area contributed by atoms with E-state index < -0.39 is 0 Å². The van der Waals surface area contributed by atoms with Crippen LogP contribution in [0, 0.1) is 5.41 Å². The van der Waals surface area contributed by atoms with Crippen LogP contribution in [-0.4, -0.2) is 12.1 Å². The first kappa shape index (κ1) is 12.0. The highest BCUT2D eigenvalue weighted by Gasteiger charge is 2.26. The van der Waals surface area contributed by atoms with Crippen molar-refractivity contribution in [2.45, 2.75) is 71.8 Å². The number of nitrogens with one attached hydrogen (secondary N) is 1. The highest BCUT2D eigenvalue weighted by atomic mass is 15.0. The molecule has 1 atom stereocenters. The van der Waals surface area contributed by atoms with Crippen molar-refractivity contribution in [3.63, 3.8) is 0 Å². The molecule has 1 N–H and O–H groups in total. The van der Waals surface area contributed by atoms with E-state index in [0.717, 1.165) is 0 Å². The molecule has 1 nitrogen and oxygen atoms in total. The van der Waals surface area contributed by atoms with E-state index in [4.69, 9.17) is 0 Å². The predicted molar refractivity (Wildman–Crippen MR) is 63.6 cm³/mol. The largest absolute Gasteiger partial charge is 0.312 e. The highest BCUT2D eigenvalue weighted by Crippen LogP contribution is 2.29. The molecule has 0 aliphatic carbocycles. The van der Waals surface area contributed by atoms with Gasteiger partial charge in [-0.1, -0.05) is 33.6 Å². The fourth-order valence-corrected chi connectivity index (χ4v) is 2.16. The molecule has 1 aliphatic heterocycles. The molecule has 0 aromatic carbocycles. The van der Waals surface area contributed by atoms with Crippen molar-refractivity contribution in [3.8, 4) is 0 Å². The third kappa shape index (κ3) is 4.45. The van der Waals surface area contributed by atoms with Crippen molar-refractivity contribution in [1.82, 2.24) is 5.32 Å². The first-order valence-electron chi connectivity index (χ1n) is 6.16. The molecule has 1 saturated heterocycles. The minimum atomic E-state index is 0.420. The summed E-state index contributed by atoms with van der Waals surface area (Å²) >= 11 is 0. The van der Waals surface area contributed by atoms with Crippen LogP contribution in [0.15, 0.2) is 0 Å². The molecule has 0 saturated carbocycles. The van der Waals surface area contributed by atoms with Gasteiger partial charge < -0.3 is 5.32 Å². The Morgan fingerprint density at radius 2 is 1.86 bits per heavy atom. The third-order valence-corrected chi connectivity index (χ3v) is 3.38. The van der Waals surface area contributed by atoms with Crippen LogP contribution in [0.25, 0.3) is 0 Å². The molecule has 1 heteroatoms. The second kappa shape index (κ2) is 4.65. The predicted octanol–water partition coefficient (Wildman–Crippen LogP) is 3.74. The molecule has 0 spiro atoms. The molecule has 0 aromatic heterocycles. The zero-order chi connectivity index (χ0) is 10.7. The molecular weight excluding hydrogens is 170 g/mol. The van der Waals surface area contributed by atoms with E-state index in [2.05, 4.69) is 33.0 Å². The van der Waals surface area contributed by atoms with Crippen LogP contribution in [0.3, 0.4) is 0 Å². The minimum Gasteiger partial charge on any atom is -0.312 e. The molecule has 1 heterocycles. The van der Waals surface area contributed by atoms with E-state index in [1.54, 1.807) is 0 Å². The quantitative estimate of drug-likeness (QED) is 0.711. The summed E-state index contributed by atoms with van der Waals surface area (Å²) < 4.78 is 0. The van der Waals surface area contributed by atoms with Gasteiger partial charge in [0.1, 0.15) is 0 Å². The summed E-state index contributed by atoms with van der Waals surface area (Å²) in [5.41, 5.74) is 0.904. The Hall–Kier alpha value is -0.0400. The van der Waals surface area contributed by atoms with E-state index in [1.807, 2.05) is 0 Å². The first-order chi connectivity index (χ1) is 6.41. The fraction of sp³-hybridized carbons (Fsp3) is 1.00. The van der Waals surface area contributed by atoms with Gasteiger partial charge in [0.15, 0.2) is 0 Å². The number of rotatable bonds is 2. The summed E-state index contributed by atoms with van der Waals surface area (Å²) in [5.74, 6) is 0. The van der Waals surface area contributed by atoms with Crippen LogP contribution in [0.4, 0.5) is 0 Å². The average Bonchev–Trinajstić information content (AvgIpc) is 2.27. The summed E-state index contributed by atoms with van der Waals surface area (Å²) in [5, 5.41) is 3.73. The van der Waals surface area contributed by atoms with Crippen molar-refractivity contribution >= 4 is 0 Å². The standard InChI is InChI=1S/C13H27N/c1-12(2,3)9-10-13(4)8-6-5-7-11-14-13/h14H,5-11H2,1-4H3. The molecule has 0 aromatic rings. The van der Waals surface area contributed by atoms with Gasteiger partial charge >= 0.3 is 0 Å². The van der Waals surface area contributed by atoms with Gasteiger partial charge in [0.2, 0.25) is 0 Å². The van der Waals surface area contributed by atoms with Gasteiger partial charge in [0.25, 0.3) is 0 Å². The second-order valence-corrected chi connectivity index (χ2v) is 6.36. The summed E-state index contributed by atoms with van der Waals surface area (Å²) in [6, 6.07) is 0. The van der Waals surface area contributed by atoms with Gasteiger partial charge in [-0.3, -0.25) is 0 Å². The van der Waals surface area contributed by atoms with Gasteiger partial charge in [-0.15, -0.1) is 0 Å². The normalized spacial score (nSPS) is 30.0. The second-order valence-electron chi connectivity index (χ2n) is 6.36. The van der Waals surface area contributed by atoms with E-state index >= 15 is 0 Å². The smallest absolute Gasteiger partial charge is 0.0153 e. The average molecular weight is 197 g/mol. The zero-order valence-corrected chi connectivity index (χ0v) is 10.4. The lowest BCUT2D eigenvalue weighted by molar-refractivity contribution is 0.257. The summed E-state index contributed by atoms with van der Waals surface area (Å²) in [4.78, 5) is 0. The van der Waals surface area contributed by atoms with Crippen molar-refractivity contribution in [3.05, 3.63) is 0 Å². The third-order valence-electron chi connectivity index (χ3n) is 3.38. The van der Waals surface area contributed by atoms with Gasteiger partial charge in [0.05, 0.1) is 0 Å². The Labute approximate surface area is 89.7 Å². The SMILES string of the molecule is CC(C)(C)CCC1(C)CCCCCN1. The minimum absolute atomic E-state index is 0.420. The lowest BCUT2D eigenvalue weighted by Gasteiger charge is -2.32. The summed E-state index contributed by atoms with van der Waals surface area (Å²) in [7, 11) is 0. The molecule has 84 valence electrons. The van der Waals surface area contributed by atoms with Crippen molar-refractivity contribution in [1.29, 1.82) is 0 Å². The van der Waals surface area contributed by atoms with Crippen LogP contribution in [-0.2, 0) is 0 Å². The Balaban J connectivity index is 2.39. The molecule has 1 unspecified atom stereocenters. The van der Waals surface area contributed by atoms with Crippen LogP contribution in [0.5, 0.6) is 0 Å². The maximum atomic E-state index is 3.73. The molecular formula is C13H27N. The monoisotopic (exact) mass is 197 g/mol. The van der Waals surface area contributed by atoms with Crippen LogP contribution in [0.1, 0.15) is 66.2 Å². The van der Waals surface area contributed by atoms with Gasteiger partial charge in [0, 0.05) is 5.54 Å². The topological polar surface area (TPSA) is 12.0 Å². The number of hydrogen-bond donors (Lipinski definition) is 1. The fourth-order valence-electron chi connectivity index (χ4n) is 2.16. The number of hydrogen-bond acceptors (Lipinski definition) is 1. The Bertz CT molecular complexity index is 159. The lowest BCUT2D eigenvalue weighted by atomic mass is 9.82. The highest BCUT2D eigenvalue weighted by molar-refractivity contribution is 4.86. The van der Waals surface area contributed by atoms with E-state index in [-0.39, 0.29) is 0 Å². The maximum Gasteiger partial charge on any atom is 0.0153 e. The molecule has 1 rings (SSSR count). The maximum absolute atomic E-state index is 3.73. The van der Waals surface area contributed by atoms with Crippen LogP contribution < -0.4 is 5.32 Å². The van der Waals surface area contributed by atoms with E-state index in [9.17, 15) is 0 Å². The van der Waals surface area contributed by atoms with Gasteiger partial charge in [-0.05, 0) is 44.6 Å². The van der Waals surface area contributed by atoms with E-state index in [0.29, 0.717) is 11.0 Å². The Kier molecular flexibility index (Phi) is 4.00.